The van der Waals surface area contributed by atoms with E-state index in [2.05, 4.69) is 20.3 Å². The number of carboxylic acid groups (broad SMARTS) is 1. The van der Waals surface area contributed by atoms with Crippen molar-refractivity contribution >= 4 is 57.7 Å². The van der Waals surface area contributed by atoms with Gasteiger partial charge in [0.05, 0.1) is 0 Å². The fraction of sp³-hybridized carbons (Fsp3) is 0.375. The van der Waals surface area contributed by atoms with Gasteiger partial charge in [-0.1, -0.05) is 5.16 Å². The number of amides is 2. The Morgan fingerprint density at radius 3 is 2.74 bits per heavy atom. The number of esters is 1. The molecule has 12 nitrogen and oxygen atoms in total. The third kappa shape index (κ3) is 5.20. The third-order valence-electron chi connectivity index (χ3n) is 4.15. The van der Waals surface area contributed by atoms with Gasteiger partial charge in [0.25, 0.3) is 11.8 Å². The molecule has 0 aromatic carbocycles. The number of carbonyl (C=O) groups is 4. The van der Waals surface area contributed by atoms with Gasteiger partial charge in [0.15, 0.2) is 10.8 Å². The second-order valence-corrected chi connectivity index (χ2v) is 8.09. The number of hydrogen-bond donors (Lipinski definition) is 3. The van der Waals surface area contributed by atoms with E-state index in [9.17, 15) is 24.3 Å². The first-order valence-corrected chi connectivity index (χ1v) is 10.3. The summed E-state index contributed by atoms with van der Waals surface area (Å²) in [5.41, 5.74) is 5.67. The van der Waals surface area contributed by atoms with Crippen LogP contribution in [0.15, 0.2) is 21.8 Å². The van der Waals surface area contributed by atoms with Crippen molar-refractivity contribution in [2.45, 2.75) is 18.3 Å². The molecule has 2 aliphatic rings. The first-order chi connectivity index (χ1) is 14.2. The van der Waals surface area contributed by atoms with Crippen molar-refractivity contribution in [1.82, 2.24) is 15.2 Å². The Hall–Kier alpha value is -2.13. The van der Waals surface area contributed by atoms with Gasteiger partial charge >= 0.3 is 41.5 Å². The van der Waals surface area contributed by atoms with Crippen LogP contribution in [-0.4, -0.2) is 75.3 Å². The number of nitrogens with two attached hydrogens (primary N) is 1. The zero-order chi connectivity index (χ0) is 22.0. The van der Waals surface area contributed by atoms with E-state index in [0.717, 1.165) is 16.2 Å². The second-order valence-electron chi connectivity index (χ2n) is 6.09. The molecular formula is C16H18N5NaO7S2. The van der Waals surface area contributed by atoms with Crippen LogP contribution in [0.2, 0.25) is 0 Å². The molecule has 1 saturated heterocycles. The van der Waals surface area contributed by atoms with E-state index in [1.807, 2.05) is 0 Å². The number of nitrogens with zero attached hydrogens (tertiary/aromatic N) is 3. The monoisotopic (exact) mass is 479 g/mol. The summed E-state index contributed by atoms with van der Waals surface area (Å²) in [6.45, 7) is 0.975. The minimum absolute atomic E-state index is 0. The molecule has 15 heteroatoms. The summed E-state index contributed by atoms with van der Waals surface area (Å²) in [7, 11) is 1.25. The standard InChI is InChI=1S/C16H17N5O7S2.Na.H/c1-6(22)28-3-7-4-29-14-10(13(24)21(14)11(7)15(25)26)19-12(23)9(20-27-2)8-5-30-16(17)18-8;;/h5,10,14H,3-4H2,1-2H3,(H2,17,18)(H,19,23)(H,25,26);;/q;+1;-1/b20-9+;;/t10-,14-;;/m1../s1. The average Bonchev–Trinajstić information content (AvgIpc) is 3.13. The summed E-state index contributed by atoms with van der Waals surface area (Å²) >= 11 is 2.35. The molecule has 4 N–H and O–H groups in total. The molecule has 0 saturated carbocycles. The number of carbonyl (C=O) groups excluding carboxylic acids is 3. The molecule has 162 valence electrons. The maximum absolute atomic E-state index is 12.7. The predicted molar refractivity (Wildman–Crippen MR) is 108 cm³/mol. The van der Waals surface area contributed by atoms with Crippen LogP contribution in [0.4, 0.5) is 5.13 Å². The molecule has 2 aliphatic heterocycles. The molecule has 0 unspecified atom stereocenters. The average molecular weight is 479 g/mol. The van der Waals surface area contributed by atoms with Gasteiger partial charge in [0, 0.05) is 23.6 Å². The summed E-state index contributed by atoms with van der Waals surface area (Å²) in [5.74, 6) is -2.98. The topological polar surface area (TPSA) is 174 Å². The van der Waals surface area contributed by atoms with Crippen LogP contribution in [0.5, 0.6) is 0 Å². The van der Waals surface area contributed by atoms with Gasteiger partial charge in [0.1, 0.15) is 36.5 Å². The van der Waals surface area contributed by atoms with Gasteiger partial charge in [-0.3, -0.25) is 19.3 Å². The zero-order valence-corrected chi connectivity index (χ0v) is 20.4. The van der Waals surface area contributed by atoms with Gasteiger partial charge in [-0.25, -0.2) is 9.78 Å². The summed E-state index contributed by atoms with van der Waals surface area (Å²) < 4.78 is 4.88. The van der Waals surface area contributed by atoms with Crippen LogP contribution < -0.4 is 40.6 Å². The van der Waals surface area contributed by atoms with Crippen molar-refractivity contribution in [2.24, 2.45) is 5.16 Å². The van der Waals surface area contributed by atoms with Crippen molar-refractivity contribution in [3.63, 3.8) is 0 Å². The molecule has 0 radical (unpaired) electrons. The van der Waals surface area contributed by atoms with E-state index >= 15 is 0 Å². The Morgan fingerprint density at radius 1 is 1.48 bits per heavy atom. The van der Waals surface area contributed by atoms with Gasteiger partial charge < -0.3 is 27.2 Å². The van der Waals surface area contributed by atoms with Crippen LogP contribution in [0.25, 0.3) is 0 Å². The second kappa shape index (κ2) is 10.5. The van der Waals surface area contributed by atoms with Gasteiger partial charge in [0.2, 0.25) is 0 Å². The van der Waals surface area contributed by atoms with Crippen molar-refractivity contribution in [2.75, 3.05) is 25.2 Å². The van der Waals surface area contributed by atoms with E-state index in [-0.39, 0.29) is 65.6 Å². The smallest absolute Gasteiger partial charge is 1.00 e. The summed E-state index contributed by atoms with van der Waals surface area (Å²) in [4.78, 5) is 57.8. The Morgan fingerprint density at radius 2 is 2.19 bits per heavy atom. The number of thioether (sulfide) groups is 1. The molecule has 0 bridgehead atoms. The van der Waals surface area contributed by atoms with Gasteiger partial charge in [-0.15, -0.1) is 23.1 Å². The molecule has 1 fully saturated rings. The summed E-state index contributed by atoms with van der Waals surface area (Å²) in [6, 6.07) is -0.967. The fourth-order valence-corrected chi connectivity index (χ4v) is 4.76. The molecule has 0 spiro atoms. The quantitative estimate of drug-likeness (QED) is 0.117. The van der Waals surface area contributed by atoms with Gasteiger partial charge in [-0.2, -0.15) is 0 Å². The van der Waals surface area contributed by atoms with Crippen LogP contribution in [0.1, 0.15) is 14.0 Å². The number of oxime groups is 1. The van der Waals surface area contributed by atoms with Crippen molar-refractivity contribution in [3.05, 3.63) is 22.3 Å². The molecule has 3 rings (SSSR count). The Balaban J connectivity index is 0.00000256. The number of aliphatic carboxylic acids is 1. The van der Waals surface area contributed by atoms with Gasteiger partial charge in [-0.05, 0) is 0 Å². The maximum atomic E-state index is 12.7. The molecule has 3 heterocycles. The number of rotatable bonds is 7. The number of carboxylic acids is 1. The normalized spacial score (nSPS) is 20.3. The van der Waals surface area contributed by atoms with E-state index in [4.69, 9.17) is 10.5 Å². The van der Waals surface area contributed by atoms with E-state index in [1.165, 1.54) is 31.2 Å². The SMILES string of the molecule is CO/N=C(/C(=O)N[C@@H]1C(=O)N2C(C(=O)O)=C(COC(C)=O)CS[C@H]12)c1csc(N)n1.[H-].[Na+]. The maximum Gasteiger partial charge on any atom is 1.00 e. The van der Waals surface area contributed by atoms with Crippen LogP contribution in [0, 0.1) is 0 Å². The number of aromatic nitrogens is 1. The number of β-lactam (4-membered cyclic amide) rings is 1. The van der Waals surface area contributed by atoms with Crippen LogP contribution >= 0.6 is 23.1 Å². The fourth-order valence-electron chi connectivity index (χ4n) is 2.88. The molecular weight excluding hydrogens is 461 g/mol. The minimum atomic E-state index is -1.32. The van der Waals surface area contributed by atoms with E-state index in [0.29, 0.717) is 5.57 Å². The summed E-state index contributed by atoms with van der Waals surface area (Å²) in [6.07, 6.45) is 0. The molecule has 2 atom stereocenters. The van der Waals surface area contributed by atoms with Crippen molar-refractivity contribution in [1.29, 1.82) is 0 Å². The van der Waals surface area contributed by atoms with E-state index in [1.54, 1.807) is 0 Å². The number of anilines is 1. The van der Waals surface area contributed by atoms with E-state index < -0.39 is 35.2 Å². The molecule has 0 aliphatic carbocycles. The number of nitrogens with one attached hydrogen (secondary N) is 1. The number of nitrogen functional groups attached to an aromatic ring is 1. The minimum Gasteiger partial charge on any atom is -1.00 e. The zero-order valence-electron chi connectivity index (χ0n) is 17.8. The van der Waals surface area contributed by atoms with Crippen molar-refractivity contribution in [3.8, 4) is 0 Å². The number of ether oxygens (including phenoxy) is 1. The number of fused-ring (bicyclic) bond motifs is 1. The van der Waals surface area contributed by atoms with Crippen LogP contribution in [0.3, 0.4) is 0 Å². The molecule has 2 amide bonds. The van der Waals surface area contributed by atoms with Crippen molar-refractivity contribution < 1.29 is 64.8 Å². The first kappa shape index (κ1) is 25.1. The number of hydrogen-bond acceptors (Lipinski definition) is 11. The Kier molecular flexibility index (Phi) is 8.48. The largest absolute Gasteiger partial charge is 1.00 e. The Labute approximate surface area is 208 Å². The third-order valence-corrected chi connectivity index (χ3v) is 6.16. The Bertz CT molecular complexity index is 986. The predicted octanol–water partition coefficient (Wildman–Crippen LogP) is -3.51. The molecule has 31 heavy (non-hydrogen) atoms. The summed E-state index contributed by atoms with van der Waals surface area (Å²) in [5, 5.41) is 16.9. The number of thiazole rings is 1. The first-order valence-electron chi connectivity index (χ1n) is 8.41. The molecule has 1 aromatic heterocycles. The van der Waals surface area contributed by atoms with Crippen LogP contribution in [-0.2, 0) is 28.8 Å². The molecule has 1 aromatic rings.